The Labute approximate surface area is 292 Å². The summed E-state index contributed by atoms with van der Waals surface area (Å²) in [5.74, 6) is -4.19. The van der Waals surface area contributed by atoms with Gasteiger partial charge in [0.1, 0.15) is 42.9 Å². The van der Waals surface area contributed by atoms with Gasteiger partial charge in [0, 0.05) is 32.1 Å². The number of nitrogens with zero attached hydrogens (tertiary/aromatic N) is 3. The summed E-state index contributed by atoms with van der Waals surface area (Å²) in [5.41, 5.74) is 0.744. The molecule has 7 atom stereocenters. The molecule has 3 N–H and O–H groups in total. The predicted molar refractivity (Wildman–Crippen MR) is 183 cm³/mol. The first-order chi connectivity index (χ1) is 23.9. The minimum absolute atomic E-state index is 0.0888. The maximum Gasteiger partial charge on any atom is 0.328 e. The van der Waals surface area contributed by atoms with Crippen LogP contribution in [0.1, 0.15) is 58.4 Å². The van der Waals surface area contributed by atoms with Crippen molar-refractivity contribution in [1.82, 2.24) is 30.7 Å². The van der Waals surface area contributed by atoms with Gasteiger partial charge in [-0.15, -0.1) is 0 Å². The van der Waals surface area contributed by atoms with E-state index < -0.39 is 84.3 Å². The van der Waals surface area contributed by atoms with Crippen LogP contribution >= 0.6 is 0 Å². The molecule has 3 saturated heterocycles. The van der Waals surface area contributed by atoms with Crippen LogP contribution in [0.5, 0.6) is 0 Å². The van der Waals surface area contributed by atoms with E-state index in [-0.39, 0.29) is 19.0 Å². The van der Waals surface area contributed by atoms with E-state index in [1.807, 2.05) is 13.0 Å². The van der Waals surface area contributed by atoms with Gasteiger partial charge in [-0.2, -0.15) is 0 Å². The second-order valence-electron chi connectivity index (χ2n) is 13.0. The summed E-state index contributed by atoms with van der Waals surface area (Å²) in [6.07, 6.45) is 6.31. The Bertz CT molecular complexity index is 1500. The molecule has 0 spiro atoms. The lowest BCUT2D eigenvalue weighted by molar-refractivity contribution is -0.158. The zero-order chi connectivity index (χ0) is 36.5. The molecule has 3 heterocycles. The Morgan fingerprint density at radius 3 is 2.42 bits per heavy atom. The summed E-state index contributed by atoms with van der Waals surface area (Å²) in [4.78, 5) is 99.2. The summed E-state index contributed by atoms with van der Waals surface area (Å²) in [5, 5.41) is 8.05. The fourth-order valence-corrected chi connectivity index (χ4v) is 6.70. The third-order valence-electron chi connectivity index (χ3n) is 9.66. The number of rotatable bonds is 8. The molecule has 6 amide bonds. The third-order valence-corrected chi connectivity index (χ3v) is 9.66. The molecule has 50 heavy (non-hydrogen) atoms. The molecule has 3 aliphatic rings. The summed E-state index contributed by atoms with van der Waals surface area (Å²) < 4.78 is 5.67. The van der Waals surface area contributed by atoms with Gasteiger partial charge in [0.2, 0.25) is 35.4 Å². The molecule has 3 fully saturated rings. The van der Waals surface area contributed by atoms with E-state index in [0.29, 0.717) is 32.1 Å². The predicted octanol–water partition coefficient (Wildman–Crippen LogP) is 0.610. The van der Waals surface area contributed by atoms with Crippen molar-refractivity contribution < 1.29 is 38.3 Å². The summed E-state index contributed by atoms with van der Waals surface area (Å²) in [6.45, 7) is 8.19. The topological polar surface area (TPSA) is 175 Å². The highest BCUT2D eigenvalue weighted by atomic mass is 16.5. The molecule has 1 aromatic rings. The minimum Gasteiger partial charge on any atom is -0.461 e. The number of allylic oxidation sites excluding steroid dienone is 2. The second kappa shape index (κ2) is 17.1. The first kappa shape index (κ1) is 37.8. The first-order valence-corrected chi connectivity index (χ1v) is 17.2. The molecule has 3 aliphatic heterocycles. The molecule has 0 bridgehead atoms. The fourth-order valence-electron chi connectivity index (χ4n) is 6.70. The van der Waals surface area contributed by atoms with Gasteiger partial charge in [0.25, 0.3) is 0 Å². The normalized spacial score (nSPS) is 27.4. The van der Waals surface area contributed by atoms with Crippen molar-refractivity contribution >= 4 is 41.4 Å². The number of carbonyl (C=O) groups is 7. The molecule has 0 unspecified atom stereocenters. The molecule has 4 rings (SSSR count). The number of likely N-dealkylation sites (N-methyl/N-ethyl adjacent to an activating group) is 1. The molecule has 0 radical (unpaired) electrons. The largest absolute Gasteiger partial charge is 0.461 e. The van der Waals surface area contributed by atoms with Crippen LogP contribution in [-0.4, -0.2) is 119 Å². The van der Waals surface area contributed by atoms with Crippen molar-refractivity contribution in [3.05, 3.63) is 60.7 Å². The van der Waals surface area contributed by atoms with E-state index in [0.717, 1.165) is 5.56 Å². The Balaban J connectivity index is 1.71. The van der Waals surface area contributed by atoms with Crippen LogP contribution in [0.2, 0.25) is 0 Å². The molecule has 14 nitrogen and oxygen atoms in total. The van der Waals surface area contributed by atoms with E-state index >= 15 is 0 Å². The molecule has 0 saturated carbocycles. The summed E-state index contributed by atoms with van der Waals surface area (Å²) >= 11 is 0. The highest BCUT2D eigenvalue weighted by molar-refractivity contribution is 5.98. The number of benzene rings is 1. The average molecular weight is 693 g/mol. The quantitative estimate of drug-likeness (QED) is 0.202. The lowest BCUT2D eigenvalue weighted by Crippen LogP contribution is -2.61. The van der Waals surface area contributed by atoms with Gasteiger partial charge >= 0.3 is 5.97 Å². The van der Waals surface area contributed by atoms with Crippen molar-refractivity contribution in [2.45, 2.75) is 102 Å². The number of amides is 6. The number of carbonyl (C=O) groups excluding carboxylic acids is 7. The maximum atomic E-state index is 14.5. The van der Waals surface area contributed by atoms with Crippen molar-refractivity contribution in [3.8, 4) is 0 Å². The molecule has 270 valence electrons. The smallest absolute Gasteiger partial charge is 0.328 e. The Morgan fingerprint density at radius 1 is 1.02 bits per heavy atom. The number of cyclic esters (lactones) is 1. The van der Waals surface area contributed by atoms with Gasteiger partial charge < -0.3 is 35.4 Å². The van der Waals surface area contributed by atoms with Crippen LogP contribution in [0, 0.1) is 0 Å². The van der Waals surface area contributed by atoms with E-state index in [2.05, 4.69) is 22.5 Å². The second-order valence-corrected chi connectivity index (χ2v) is 13.0. The molecule has 0 aliphatic carbocycles. The number of nitrogens with one attached hydrogen (secondary N) is 3. The van der Waals surface area contributed by atoms with Gasteiger partial charge in [-0.25, -0.2) is 4.79 Å². The molecule has 14 heteroatoms. The average Bonchev–Trinajstić information content (AvgIpc) is 3.78. The first-order valence-electron chi connectivity index (χ1n) is 17.2. The van der Waals surface area contributed by atoms with Crippen LogP contribution in [0.15, 0.2) is 55.1 Å². The van der Waals surface area contributed by atoms with Crippen LogP contribution < -0.4 is 16.0 Å². The molecular formula is C36H48N6O8. The Hall–Kier alpha value is -5.01. The number of hydrogen-bond donors (Lipinski definition) is 3. The van der Waals surface area contributed by atoms with Crippen LogP contribution in [0.3, 0.4) is 0 Å². The van der Waals surface area contributed by atoms with Crippen molar-refractivity contribution in [2.24, 2.45) is 0 Å². The summed E-state index contributed by atoms with van der Waals surface area (Å²) in [7, 11) is 1.47. The van der Waals surface area contributed by atoms with Crippen molar-refractivity contribution in [2.75, 3.05) is 20.2 Å². The molecule has 0 aromatic heterocycles. The standard InChI is InChI=1S/C36H48N6O8/c1-6-8-16-30(43)38-26(20-24-13-10-9-11-14-24)32(45)39-27-21-50-36(49)29-15-12-19-41(29)33(46)22(3)37-31(44)23(4)40(5)35(48)28-18-17-25(7-2)42(28)34(27)47/h6,8-11,13-14,16,22-23,25-29H,1,7,12,15,17-21H2,2-5H3,(H,37,44)(H,38,43)(H,39,45)/t22-,23+,25+,26-,27+,28-,29-/m0/s1. The highest BCUT2D eigenvalue weighted by Crippen LogP contribution is 2.29. The van der Waals surface area contributed by atoms with Crippen molar-refractivity contribution in [3.63, 3.8) is 0 Å². The number of esters is 1. The monoisotopic (exact) mass is 692 g/mol. The van der Waals surface area contributed by atoms with Gasteiger partial charge in [-0.1, -0.05) is 56.0 Å². The van der Waals surface area contributed by atoms with Crippen LogP contribution in [0.25, 0.3) is 0 Å². The highest BCUT2D eigenvalue weighted by Gasteiger charge is 2.46. The van der Waals surface area contributed by atoms with E-state index in [9.17, 15) is 33.6 Å². The lowest BCUT2D eigenvalue weighted by atomic mass is 10.0. The van der Waals surface area contributed by atoms with Crippen LogP contribution in [-0.2, 0) is 44.7 Å². The lowest BCUT2D eigenvalue weighted by Gasteiger charge is -2.36. The van der Waals surface area contributed by atoms with Gasteiger partial charge in [-0.05, 0) is 51.5 Å². The third kappa shape index (κ3) is 8.77. The Morgan fingerprint density at radius 2 is 1.74 bits per heavy atom. The van der Waals surface area contributed by atoms with Crippen molar-refractivity contribution in [1.29, 1.82) is 0 Å². The van der Waals surface area contributed by atoms with E-state index in [1.165, 1.54) is 53.8 Å². The molecule has 1 aromatic carbocycles. The number of ether oxygens (including phenoxy) is 1. The summed E-state index contributed by atoms with van der Waals surface area (Å²) in [6, 6.07) is 2.21. The van der Waals surface area contributed by atoms with Gasteiger partial charge in [0.05, 0.1) is 0 Å². The Kier molecular flexibility index (Phi) is 12.9. The van der Waals surface area contributed by atoms with Crippen LogP contribution in [0.4, 0.5) is 0 Å². The zero-order valence-corrected chi connectivity index (χ0v) is 29.1. The number of fused-ring (bicyclic) bond motifs is 2. The number of hydrogen-bond acceptors (Lipinski definition) is 8. The van der Waals surface area contributed by atoms with Gasteiger partial charge in [-0.3, -0.25) is 28.8 Å². The SMILES string of the molecule is C=CC=CC(=O)N[C@@H](Cc1ccccc1)C(=O)N[C@@H]1COC(=O)[C@@H]2CCCN2C(=O)[C@H](C)NC(=O)[C@@H](C)N(C)C(=O)[C@@H]2CC[C@@H](CC)N2C1=O. The zero-order valence-electron chi connectivity index (χ0n) is 29.1. The minimum atomic E-state index is -1.43. The fraction of sp³-hybridized carbons (Fsp3) is 0.528. The molecular weight excluding hydrogens is 644 g/mol. The van der Waals surface area contributed by atoms with Gasteiger partial charge in [0.15, 0.2) is 0 Å². The van der Waals surface area contributed by atoms with E-state index in [1.54, 1.807) is 24.3 Å². The maximum absolute atomic E-state index is 14.5. The van der Waals surface area contributed by atoms with E-state index in [4.69, 9.17) is 4.74 Å².